The summed E-state index contributed by atoms with van der Waals surface area (Å²) in [5.74, 6) is -1.52. The van der Waals surface area contributed by atoms with Crippen LogP contribution >= 0.6 is 0 Å². The molecule has 3 nitrogen and oxygen atoms in total. The summed E-state index contributed by atoms with van der Waals surface area (Å²) < 4.78 is 31.7. The van der Waals surface area contributed by atoms with E-state index in [4.69, 9.17) is 10.5 Å². The van der Waals surface area contributed by atoms with E-state index >= 15 is 0 Å². The number of ether oxygens (including phenoxy) is 1. The molecule has 3 rings (SSSR count). The van der Waals surface area contributed by atoms with Crippen LogP contribution in [0.2, 0.25) is 0 Å². The molecule has 2 aromatic rings. The minimum Gasteiger partial charge on any atom is -0.463 e. The SMILES string of the molecule is CCOC(=O)C1=C(N)C=C(c2ccc(F)cc2)CC1c1ccc(F)cc1. The van der Waals surface area contributed by atoms with Crippen molar-refractivity contribution in [3.05, 3.63) is 88.6 Å². The fourth-order valence-electron chi connectivity index (χ4n) is 3.16. The fraction of sp³-hybridized carbons (Fsp3) is 0.190. The van der Waals surface area contributed by atoms with Gasteiger partial charge < -0.3 is 10.5 Å². The lowest BCUT2D eigenvalue weighted by molar-refractivity contribution is -0.138. The van der Waals surface area contributed by atoms with Gasteiger partial charge in [-0.05, 0) is 60.4 Å². The summed E-state index contributed by atoms with van der Waals surface area (Å²) in [6.07, 6.45) is 2.20. The van der Waals surface area contributed by atoms with Crippen LogP contribution in [-0.2, 0) is 9.53 Å². The van der Waals surface area contributed by atoms with E-state index in [1.54, 1.807) is 37.3 Å². The Labute approximate surface area is 150 Å². The van der Waals surface area contributed by atoms with Crippen molar-refractivity contribution in [3.8, 4) is 0 Å². The molecule has 0 aliphatic heterocycles. The highest BCUT2D eigenvalue weighted by Crippen LogP contribution is 2.40. The molecular formula is C21H19F2NO2. The van der Waals surface area contributed by atoms with Gasteiger partial charge in [0.1, 0.15) is 11.6 Å². The first-order valence-corrected chi connectivity index (χ1v) is 8.38. The van der Waals surface area contributed by atoms with Gasteiger partial charge in [-0.2, -0.15) is 0 Å². The van der Waals surface area contributed by atoms with Gasteiger partial charge in [-0.3, -0.25) is 0 Å². The highest BCUT2D eigenvalue weighted by atomic mass is 19.1. The third-order valence-electron chi connectivity index (χ3n) is 4.40. The molecule has 1 atom stereocenters. The highest BCUT2D eigenvalue weighted by molar-refractivity contribution is 5.94. The maximum Gasteiger partial charge on any atom is 0.336 e. The van der Waals surface area contributed by atoms with E-state index in [9.17, 15) is 13.6 Å². The van der Waals surface area contributed by atoms with Crippen molar-refractivity contribution in [2.75, 3.05) is 6.61 Å². The second-order valence-corrected chi connectivity index (χ2v) is 6.07. The Morgan fingerprint density at radius 3 is 2.23 bits per heavy atom. The van der Waals surface area contributed by atoms with Gasteiger partial charge in [0.2, 0.25) is 0 Å². The van der Waals surface area contributed by atoms with Crippen LogP contribution in [0.4, 0.5) is 8.78 Å². The maximum atomic E-state index is 13.3. The number of halogens is 2. The van der Waals surface area contributed by atoms with E-state index in [1.165, 1.54) is 24.3 Å². The average Bonchev–Trinajstić information content (AvgIpc) is 2.62. The van der Waals surface area contributed by atoms with Crippen LogP contribution in [0.3, 0.4) is 0 Å². The summed E-state index contributed by atoms with van der Waals surface area (Å²) >= 11 is 0. The molecular weight excluding hydrogens is 336 g/mol. The van der Waals surface area contributed by atoms with E-state index < -0.39 is 5.97 Å². The molecule has 1 unspecified atom stereocenters. The predicted molar refractivity (Wildman–Crippen MR) is 96.0 cm³/mol. The molecule has 0 heterocycles. The minimum absolute atomic E-state index is 0.236. The van der Waals surface area contributed by atoms with Crippen LogP contribution in [0.25, 0.3) is 5.57 Å². The van der Waals surface area contributed by atoms with Crippen LogP contribution in [-0.4, -0.2) is 12.6 Å². The Hall–Kier alpha value is -2.95. The summed E-state index contributed by atoms with van der Waals surface area (Å²) in [4.78, 5) is 12.4. The number of hydrogen-bond acceptors (Lipinski definition) is 3. The van der Waals surface area contributed by atoms with Gasteiger partial charge in [0.25, 0.3) is 0 Å². The van der Waals surface area contributed by atoms with Gasteiger partial charge in [-0.1, -0.05) is 24.3 Å². The lowest BCUT2D eigenvalue weighted by atomic mass is 9.79. The zero-order valence-corrected chi connectivity index (χ0v) is 14.3. The average molecular weight is 355 g/mol. The van der Waals surface area contributed by atoms with E-state index in [0.717, 1.165) is 16.7 Å². The quantitative estimate of drug-likeness (QED) is 0.832. The predicted octanol–water partition coefficient (Wildman–Crippen LogP) is 4.31. The molecule has 0 aromatic heterocycles. The number of rotatable bonds is 4. The van der Waals surface area contributed by atoms with Crippen LogP contribution in [0.1, 0.15) is 30.4 Å². The molecule has 26 heavy (non-hydrogen) atoms. The number of nitrogens with two attached hydrogens (primary N) is 1. The van der Waals surface area contributed by atoms with Crippen molar-refractivity contribution in [3.63, 3.8) is 0 Å². The Kier molecular flexibility index (Phi) is 5.16. The highest BCUT2D eigenvalue weighted by Gasteiger charge is 2.30. The third kappa shape index (κ3) is 3.67. The summed E-state index contributed by atoms with van der Waals surface area (Å²) in [5.41, 5.74) is 9.33. The molecule has 0 radical (unpaired) electrons. The lowest BCUT2D eigenvalue weighted by Gasteiger charge is -2.27. The molecule has 2 aromatic carbocycles. The standard InChI is InChI=1S/C21H19F2NO2/c1-2-26-21(25)20-18(14-5-9-17(23)10-6-14)11-15(12-19(20)24)13-3-7-16(22)8-4-13/h3-10,12,18H,2,11,24H2,1H3. The molecule has 0 amide bonds. The first kappa shape index (κ1) is 17.9. The van der Waals surface area contributed by atoms with Crippen molar-refractivity contribution in [2.24, 2.45) is 5.73 Å². The number of hydrogen-bond donors (Lipinski definition) is 1. The smallest absolute Gasteiger partial charge is 0.336 e. The fourth-order valence-corrected chi connectivity index (χ4v) is 3.16. The molecule has 134 valence electrons. The normalized spacial score (nSPS) is 17.0. The monoisotopic (exact) mass is 355 g/mol. The molecule has 1 aliphatic carbocycles. The van der Waals surface area contributed by atoms with E-state index in [0.29, 0.717) is 17.7 Å². The Morgan fingerprint density at radius 1 is 1.08 bits per heavy atom. The first-order chi connectivity index (χ1) is 12.5. The lowest BCUT2D eigenvalue weighted by Crippen LogP contribution is -2.22. The number of benzene rings is 2. The zero-order valence-electron chi connectivity index (χ0n) is 14.3. The first-order valence-electron chi connectivity index (χ1n) is 8.38. The van der Waals surface area contributed by atoms with E-state index in [-0.39, 0.29) is 24.2 Å². The van der Waals surface area contributed by atoms with Crippen molar-refractivity contribution >= 4 is 11.5 Å². The van der Waals surface area contributed by atoms with Crippen molar-refractivity contribution in [1.82, 2.24) is 0 Å². The summed E-state index contributed by atoms with van der Waals surface area (Å²) in [7, 11) is 0. The van der Waals surface area contributed by atoms with Gasteiger partial charge in [-0.15, -0.1) is 0 Å². The number of carbonyl (C=O) groups is 1. The zero-order chi connectivity index (χ0) is 18.7. The van der Waals surface area contributed by atoms with Crippen molar-refractivity contribution in [1.29, 1.82) is 0 Å². The van der Waals surface area contributed by atoms with Gasteiger partial charge in [-0.25, -0.2) is 13.6 Å². The Morgan fingerprint density at radius 2 is 1.65 bits per heavy atom. The maximum absolute atomic E-state index is 13.3. The molecule has 0 spiro atoms. The van der Waals surface area contributed by atoms with Crippen molar-refractivity contribution in [2.45, 2.75) is 19.3 Å². The molecule has 0 saturated carbocycles. The van der Waals surface area contributed by atoms with E-state index in [1.807, 2.05) is 0 Å². The molecule has 0 saturated heterocycles. The van der Waals surface area contributed by atoms with E-state index in [2.05, 4.69) is 0 Å². The Balaban J connectivity index is 2.06. The van der Waals surface area contributed by atoms with Gasteiger partial charge >= 0.3 is 5.97 Å². The number of allylic oxidation sites excluding steroid dienone is 2. The van der Waals surface area contributed by atoms with Crippen LogP contribution in [0.5, 0.6) is 0 Å². The van der Waals surface area contributed by atoms with Crippen LogP contribution in [0.15, 0.2) is 65.9 Å². The summed E-state index contributed by atoms with van der Waals surface area (Å²) in [5, 5.41) is 0. The molecule has 5 heteroatoms. The van der Waals surface area contributed by atoms with Crippen molar-refractivity contribution < 1.29 is 18.3 Å². The second-order valence-electron chi connectivity index (χ2n) is 6.07. The largest absolute Gasteiger partial charge is 0.463 e. The molecule has 0 bridgehead atoms. The van der Waals surface area contributed by atoms with Gasteiger partial charge in [0, 0.05) is 11.6 Å². The number of esters is 1. The Bertz CT molecular complexity index is 868. The second kappa shape index (κ2) is 7.52. The minimum atomic E-state index is -0.478. The van der Waals surface area contributed by atoms with Gasteiger partial charge in [0.15, 0.2) is 0 Å². The third-order valence-corrected chi connectivity index (χ3v) is 4.40. The summed E-state index contributed by atoms with van der Waals surface area (Å²) in [6, 6.07) is 12.1. The van der Waals surface area contributed by atoms with Crippen LogP contribution < -0.4 is 5.73 Å². The number of carbonyl (C=O) groups excluding carboxylic acids is 1. The summed E-state index contributed by atoms with van der Waals surface area (Å²) in [6.45, 7) is 1.96. The van der Waals surface area contributed by atoms with Crippen LogP contribution in [0, 0.1) is 11.6 Å². The van der Waals surface area contributed by atoms with Gasteiger partial charge in [0.05, 0.1) is 12.2 Å². The molecule has 2 N–H and O–H groups in total. The molecule has 1 aliphatic rings. The molecule has 0 fully saturated rings. The topological polar surface area (TPSA) is 52.3 Å².